The van der Waals surface area contributed by atoms with E-state index in [9.17, 15) is 4.79 Å². The zero-order valence-electron chi connectivity index (χ0n) is 17.8. The maximum Gasteiger partial charge on any atom is 0.272 e. The molecule has 31 heavy (non-hydrogen) atoms. The van der Waals surface area contributed by atoms with Crippen LogP contribution in [0.25, 0.3) is 0 Å². The highest BCUT2D eigenvalue weighted by Crippen LogP contribution is 2.40. The van der Waals surface area contributed by atoms with Gasteiger partial charge in [-0.15, -0.1) is 0 Å². The van der Waals surface area contributed by atoms with Gasteiger partial charge in [0.15, 0.2) is 17.2 Å². The summed E-state index contributed by atoms with van der Waals surface area (Å²) in [5, 5.41) is 7.84. The molecule has 0 fully saturated rings. The second-order valence-electron chi connectivity index (χ2n) is 8.30. The van der Waals surface area contributed by atoms with E-state index in [-0.39, 0.29) is 18.7 Å². The van der Waals surface area contributed by atoms with Crippen molar-refractivity contribution < 1.29 is 19.0 Å². The molecule has 0 spiro atoms. The Morgan fingerprint density at radius 2 is 2.00 bits per heavy atom. The zero-order valence-corrected chi connectivity index (χ0v) is 17.8. The number of hydrogen-bond acceptors (Lipinski definition) is 5. The van der Waals surface area contributed by atoms with Crippen molar-refractivity contribution in [3.05, 3.63) is 70.5 Å². The van der Waals surface area contributed by atoms with Gasteiger partial charge in [-0.25, -0.2) is 0 Å². The average Bonchev–Trinajstić information content (AvgIpc) is 3.44. The molecular formula is C24H25N3O4. The van der Waals surface area contributed by atoms with E-state index in [1.165, 1.54) is 0 Å². The molecule has 2 aromatic carbocycles. The molecule has 0 bridgehead atoms. The lowest BCUT2D eigenvalue weighted by Gasteiger charge is -2.18. The molecule has 1 aromatic heterocycles. The summed E-state index contributed by atoms with van der Waals surface area (Å²) in [7, 11) is 1.67. The lowest BCUT2D eigenvalue weighted by Crippen LogP contribution is -2.23. The van der Waals surface area contributed by atoms with Crippen LogP contribution in [0.15, 0.2) is 42.5 Å². The molecule has 1 unspecified atom stereocenters. The first-order valence-electron chi connectivity index (χ1n) is 10.5. The Morgan fingerprint density at radius 3 is 2.81 bits per heavy atom. The van der Waals surface area contributed by atoms with Crippen LogP contribution in [0.4, 0.5) is 0 Å². The summed E-state index contributed by atoms with van der Waals surface area (Å²) in [6.45, 7) is 5.11. The van der Waals surface area contributed by atoms with Crippen LogP contribution in [0.5, 0.6) is 17.2 Å². The van der Waals surface area contributed by atoms with Gasteiger partial charge in [-0.3, -0.25) is 9.48 Å². The van der Waals surface area contributed by atoms with Gasteiger partial charge in [0.2, 0.25) is 6.79 Å². The van der Waals surface area contributed by atoms with E-state index in [2.05, 4.69) is 19.2 Å². The van der Waals surface area contributed by atoms with E-state index in [1.807, 2.05) is 47.1 Å². The number of nitrogens with zero attached hydrogens (tertiary/aromatic N) is 2. The van der Waals surface area contributed by atoms with Crippen LogP contribution >= 0.6 is 0 Å². The molecule has 0 radical (unpaired) electrons. The maximum atomic E-state index is 12.8. The quantitative estimate of drug-likeness (QED) is 0.660. The molecule has 2 aliphatic rings. The summed E-state index contributed by atoms with van der Waals surface area (Å²) in [6.07, 6.45) is 0.813. The van der Waals surface area contributed by atoms with E-state index in [1.54, 1.807) is 7.11 Å². The highest BCUT2D eigenvalue weighted by molar-refractivity contribution is 5.98. The first-order valence-corrected chi connectivity index (χ1v) is 10.5. The number of aromatic nitrogens is 2. The molecule has 3 heterocycles. The van der Waals surface area contributed by atoms with Gasteiger partial charge in [0.05, 0.1) is 19.7 Å². The zero-order chi connectivity index (χ0) is 21.5. The summed E-state index contributed by atoms with van der Waals surface area (Å²) < 4.78 is 18.5. The minimum absolute atomic E-state index is 0.151. The standard InChI is InChI=1S/C24H25N3O4/c1-14(2)10-17-21-22(15-8-9-19-20(11-15)31-13-30-19)25-24(28)23(21)26-27(17)12-16-6-4-5-7-18(16)29-3/h4-9,11,14,22H,10,12-13H2,1-3H3,(H,25,28). The van der Waals surface area contributed by atoms with E-state index >= 15 is 0 Å². The summed E-state index contributed by atoms with van der Waals surface area (Å²) in [5.41, 5.74) is 4.49. The molecule has 1 atom stereocenters. The normalized spacial score (nSPS) is 16.5. The number of carbonyl (C=O) groups is 1. The van der Waals surface area contributed by atoms with Crippen molar-refractivity contribution >= 4 is 5.91 Å². The van der Waals surface area contributed by atoms with E-state index in [4.69, 9.17) is 19.3 Å². The van der Waals surface area contributed by atoms with Crippen LogP contribution in [-0.2, 0) is 13.0 Å². The number of methoxy groups -OCH3 is 1. The fraction of sp³-hybridized carbons (Fsp3) is 0.333. The van der Waals surface area contributed by atoms with Crippen molar-refractivity contribution in [2.75, 3.05) is 13.9 Å². The number of carbonyl (C=O) groups excluding carboxylic acids is 1. The van der Waals surface area contributed by atoms with Gasteiger partial charge in [-0.05, 0) is 36.1 Å². The second kappa shape index (κ2) is 7.65. The van der Waals surface area contributed by atoms with Gasteiger partial charge >= 0.3 is 0 Å². The minimum atomic E-state index is -0.267. The Labute approximate surface area is 180 Å². The van der Waals surface area contributed by atoms with Crippen LogP contribution in [0.3, 0.4) is 0 Å². The molecule has 0 saturated heterocycles. The molecule has 2 aliphatic heterocycles. The van der Waals surface area contributed by atoms with Crippen LogP contribution in [0.2, 0.25) is 0 Å². The minimum Gasteiger partial charge on any atom is -0.496 e. The number of rotatable bonds is 6. The van der Waals surface area contributed by atoms with E-state index in [0.29, 0.717) is 23.9 Å². The summed E-state index contributed by atoms with van der Waals surface area (Å²) in [5.74, 6) is 2.49. The summed E-state index contributed by atoms with van der Waals surface area (Å²) >= 11 is 0. The predicted octanol–water partition coefficient (Wildman–Crippen LogP) is 3.70. The van der Waals surface area contributed by atoms with Crippen molar-refractivity contribution in [2.24, 2.45) is 5.92 Å². The van der Waals surface area contributed by atoms with Crippen LogP contribution in [-0.4, -0.2) is 29.6 Å². The topological polar surface area (TPSA) is 74.6 Å². The summed E-state index contributed by atoms with van der Waals surface area (Å²) in [6, 6.07) is 13.4. The molecule has 1 N–H and O–H groups in total. The Kier molecular flexibility index (Phi) is 4.81. The number of amides is 1. The fourth-order valence-corrected chi connectivity index (χ4v) is 4.32. The fourth-order valence-electron chi connectivity index (χ4n) is 4.32. The van der Waals surface area contributed by atoms with Crippen molar-refractivity contribution in [2.45, 2.75) is 32.9 Å². The van der Waals surface area contributed by atoms with E-state index in [0.717, 1.165) is 40.3 Å². The third kappa shape index (κ3) is 3.40. The lowest BCUT2D eigenvalue weighted by atomic mass is 9.95. The highest BCUT2D eigenvalue weighted by Gasteiger charge is 2.37. The van der Waals surface area contributed by atoms with Crippen LogP contribution in [0, 0.1) is 5.92 Å². The third-order valence-electron chi connectivity index (χ3n) is 5.72. The smallest absolute Gasteiger partial charge is 0.272 e. The average molecular weight is 419 g/mol. The molecule has 7 nitrogen and oxygen atoms in total. The number of benzene rings is 2. The first kappa shape index (κ1) is 19.5. The van der Waals surface area contributed by atoms with Crippen LogP contribution in [0.1, 0.15) is 52.8 Å². The van der Waals surface area contributed by atoms with Gasteiger partial charge in [0.1, 0.15) is 5.75 Å². The first-order chi connectivity index (χ1) is 15.0. The maximum absolute atomic E-state index is 12.8. The van der Waals surface area contributed by atoms with Crippen LogP contribution < -0.4 is 19.5 Å². The van der Waals surface area contributed by atoms with Crippen molar-refractivity contribution in [3.8, 4) is 17.2 Å². The van der Waals surface area contributed by atoms with Gasteiger partial charge in [0.25, 0.3) is 5.91 Å². The number of para-hydroxylation sites is 1. The van der Waals surface area contributed by atoms with Gasteiger partial charge in [0, 0.05) is 16.8 Å². The predicted molar refractivity (Wildman–Crippen MR) is 115 cm³/mol. The van der Waals surface area contributed by atoms with Crippen molar-refractivity contribution in [3.63, 3.8) is 0 Å². The molecule has 1 amide bonds. The second-order valence-corrected chi connectivity index (χ2v) is 8.30. The molecule has 7 heteroatoms. The Morgan fingerprint density at radius 1 is 1.19 bits per heavy atom. The van der Waals surface area contributed by atoms with Gasteiger partial charge in [-0.2, -0.15) is 5.10 Å². The Balaban J connectivity index is 1.59. The van der Waals surface area contributed by atoms with Crippen molar-refractivity contribution in [1.29, 1.82) is 0 Å². The Bertz CT molecular complexity index is 1150. The lowest BCUT2D eigenvalue weighted by molar-refractivity contribution is 0.0954. The molecule has 160 valence electrons. The van der Waals surface area contributed by atoms with Gasteiger partial charge in [-0.1, -0.05) is 38.1 Å². The number of fused-ring (bicyclic) bond motifs is 2. The molecular weight excluding hydrogens is 394 g/mol. The molecule has 3 aromatic rings. The molecule has 5 rings (SSSR count). The third-order valence-corrected chi connectivity index (χ3v) is 5.72. The number of nitrogens with one attached hydrogen (secondary N) is 1. The monoisotopic (exact) mass is 419 g/mol. The summed E-state index contributed by atoms with van der Waals surface area (Å²) in [4.78, 5) is 12.8. The molecule has 0 saturated carbocycles. The largest absolute Gasteiger partial charge is 0.496 e. The highest BCUT2D eigenvalue weighted by atomic mass is 16.7. The van der Waals surface area contributed by atoms with Crippen molar-refractivity contribution in [1.82, 2.24) is 15.1 Å². The van der Waals surface area contributed by atoms with Gasteiger partial charge < -0.3 is 19.5 Å². The number of ether oxygens (including phenoxy) is 3. The molecule has 0 aliphatic carbocycles. The Hall–Kier alpha value is -3.48. The SMILES string of the molecule is COc1ccccc1Cn1nc2c(c1CC(C)C)C(c1ccc3c(c1)OCO3)NC2=O. The number of hydrogen-bond donors (Lipinski definition) is 1. The van der Waals surface area contributed by atoms with E-state index < -0.39 is 0 Å².